The lowest BCUT2D eigenvalue weighted by molar-refractivity contribution is -0.131. The van der Waals surface area contributed by atoms with Gasteiger partial charge in [0, 0.05) is 6.92 Å². The molecule has 0 fully saturated rings. The molecule has 2 nitrogen and oxygen atoms in total. The lowest BCUT2D eigenvalue weighted by atomic mass is 10.1. The molecule has 0 saturated heterocycles. The van der Waals surface area contributed by atoms with Gasteiger partial charge in [0.1, 0.15) is 0 Å². The van der Waals surface area contributed by atoms with Crippen molar-refractivity contribution in [3.05, 3.63) is 0 Å². The van der Waals surface area contributed by atoms with Gasteiger partial charge in [-0.2, -0.15) is 0 Å². The molecular formula is C10H22O2Si. The molecule has 0 aliphatic heterocycles. The highest BCUT2D eigenvalue weighted by atomic mass is 28.2. The summed E-state index contributed by atoms with van der Waals surface area (Å²) in [5, 5.41) is 0. The Morgan fingerprint density at radius 1 is 1.15 bits per heavy atom. The molecule has 0 aromatic rings. The maximum atomic E-state index is 10.4. The van der Waals surface area contributed by atoms with Crippen LogP contribution in [-0.4, -0.2) is 15.7 Å². The fraction of sp³-hybridized carbons (Fsp3) is 0.900. The second-order valence-electron chi connectivity index (χ2n) is 3.46. The molecular weight excluding hydrogens is 180 g/mol. The van der Waals surface area contributed by atoms with Crippen molar-refractivity contribution in [1.82, 2.24) is 0 Å². The fourth-order valence-corrected chi connectivity index (χ4v) is 2.26. The summed E-state index contributed by atoms with van der Waals surface area (Å²) in [6, 6.07) is 1.16. The van der Waals surface area contributed by atoms with Crippen molar-refractivity contribution in [2.45, 2.75) is 58.4 Å². The fourth-order valence-electron chi connectivity index (χ4n) is 1.28. The number of carbonyl (C=O) groups excluding carboxylic acids is 1. The summed E-state index contributed by atoms with van der Waals surface area (Å²) in [5.74, 6) is -0.0994. The molecule has 0 unspecified atom stereocenters. The minimum Gasteiger partial charge on any atom is -0.525 e. The average Bonchev–Trinajstić information content (AvgIpc) is 2.09. The second-order valence-corrected chi connectivity index (χ2v) is 4.87. The van der Waals surface area contributed by atoms with Gasteiger partial charge in [-0.05, 0) is 6.04 Å². The van der Waals surface area contributed by atoms with Crippen molar-refractivity contribution in [3.63, 3.8) is 0 Å². The van der Waals surface area contributed by atoms with Gasteiger partial charge in [0.2, 0.25) is 9.76 Å². The van der Waals surface area contributed by atoms with E-state index in [-0.39, 0.29) is 5.97 Å². The monoisotopic (exact) mass is 202 g/mol. The van der Waals surface area contributed by atoms with E-state index in [1.807, 2.05) is 0 Å². The standard InChI is InChI=1S/C10H22O2Si/c1-3-4-5-6-7-8-9-13-12-10(2)11/h3-9,13H2,1-2H3. The third kappa shape index (κ3) is 11.7. The predicted octanol–water partition coefficient (Wildman–Crippen LogP) is 2.41. The number of hydrogen-bond donors (Lipinski definition) is 0. The molecule has 3 heteroatoms. The average molecular weight is 202 g/mol. The van der Waals surface area contributed by atoms with Gasteiger partial charge < -0.3 is 4.43 Å². The topological polar surface area (TPSA) is 26.3 Å². The van der Waals surface area contributed by atoms with Crippen LogP contribution in [0.3, 0.4) is 0 Å². The van der Waals surface area contributed by atoms with Crippen LogP contribution in [0.15, 0.2) is 0 Å². The van der Waals surface area contributed by atoms with Crippen LogP contribution in [0.1, 0.15) is 52.4 Å². The minimum absolute atomic E-state index is 0.0994. The zero-order valence-corrected chi connectivity index (χ0v) is 10.4. The van der Waals surface area contributed by atoms with Crippen molar-refractivity contribution in [2.24, 2.45) is 0 Å². The Labute approximate surface area is 84.0 Å². The van der Waals surface area contributed by atoms with E-state index < -0.39 is 9.76 Å². The molecule has 0 radical (unpaired) electrons. The highest BCUT2D eigenvalue weighted by molar-refractivity contribution is 6.30. The Morgan fingerprint density at radius 3 is 2.38 bits per heavy atom. The summed E-state index contributed by atoms with van der Waals surface area (Å²) in [6.45, 7) is 3.72. The van der Waals surface area contributed by atoms with Crippen molar-refractivity contribution >= 4 is 15.7 Å². The number of hydrogen-bond acceptors (Lipinski definition) is 2. The van der Waals surface area contributed by atoms with Gasteiger partial charge in [-0.3, -0.25) is 4.79 Å². The molecule has 0 saturated carbocycles. The Kier molecular flexibility index (Phi) is 9.54. The zero-order chi connectivity index (χ0) is 9.94. The first kappa shape index (κ1) is 12.7. The van der Waals surface area contributed by atoms with Gasteiger partial charge in [-0.15, -0.1) is 0 Å². The maximum absolute atomic E-state index is 10.4. The molecule has 0 heterocycles. The molecule has 0 spiro atoms. The Hall–Kier alpha value is -0.313. The molecule has 0 bridgehead atoms. The van der Waals surface area contributed by atoms with Crippen molar-refractivity contribution < 1.29 is 9.22 Å². The second kappa shape index (κ2) is 9.77. The molecule has 0 atom stereocenters. The van der Waals surface area contributed by atoms with Crippen LogP contribution < -0.4 is 0 Å². The van der Waals surface area contributed by atoms with Gasteiger partial charge in [0.25, 0.3) is 5.97 Å². The van der Waals surface area contributed by atoms with Crippen molar-refractivity contribution in [3.8, 4) is 0 Å². The van der Waals surface area contributed by atoms with E-state index in [4.69, 9.17) is 4.43 Å². The Balaban J connectivity index is 2.87. The molecule has 0 aromatic carbocycles. The van der Waals surface area contributed by atoms with Crippen LogP contribution in [0.2, 0.25) is 6.04 Å². The van der Waals surface area contributed by atoms with Crippen LogP contribution in [0.4, 0.5) is 0 Å². The number of unbranched alkanes of at least 4 members (excludes halogenated alkanes) is 5. The zero-order valence-electron chi connectivity index (χ0n) is 8.97. The first-order valence-corrected chi connectivity index (χ1v) is 6.98. The van der Waals surface area contributed by atoms with Gasteiger partial charge in [-0.1, -0.05) is 45.4 Å². The highest BCUT2D eigenvalue weighted by Crippen LogP contribution is 2.06. The normalized spacial score (nSPS) is 10.9. The van der Waals surface area contributed by atoms with Crippen molar-refractivity contribution in [2.75, 3.05) is 0 Å². The van der Waals surface area contributed by atoms with E-state index in [2.05, 4.69) is 6.92 Å². The summed E-state index contributed by atoms with van der Waals surface area (Å²) >= 11 is 0. The molecule has 0 amide bonds. The van der Waals surface area contributed by atoms with Crippen LogP contribution in [0.25, 0.3) is 0 Å². The molecule has 0 aliphatic carbocycles. The summed E-state index contributed by atoms with van der Waals surface area (Å²) in [4.78, 5) is 10.4. The first-order chi connectivity index (χ1) is 6.27. The molecule has 78 valence electrons. The predicted molar refractivity (Wildman–Crippen MR) is 58.5 cm³/mol. The number of rotatable bonds is 8. The van der Waals surface area contributed by atoms with E-state index in [9.17, 15) is 4.79 Å². The largest absolute Gasteiger partial charge is 0.525 e. The van der Waals surface area contributed by atoms with Crippen LogP contribution in [0, 0.1) is 0 Å². The summed E-state index contributed by atoms with van der Waals surface area (Å²) in [7, 11) is -0.525. The van der Waals surface area contributed by atoms with E-state index in [1.54, 1.807) is 0 Å². The SMILES string of the molecule is CCCCCCCC[SiH2]OC(C)=O. The summed E-state index contributed by atoms with van der Waals surface area (Å²) in [6.07, 6.45) is 7.95. The molecule has 13 heavy (non-hydrogen) atoms. The third-order valence-corrected chi connectivity index (χ3v) is 3.45. The van der Waals surface area contributed by atoms with E-state index >= 15 is 0 Å². The molecule has 0 rings (SSSR count). The summed E-state index contributed by atoms with van der Waals surface area (Å²) in [5.41, 5.74) is 0. The van der Waals surface area contributed by atoms with Crippen LogP contribution in [0.5, 0.6) is 0 Å². The smallest absolute Gasteiger partial charge is 0.288 e. The van der Waals surface area contributed by atoms with Gasteiger partial charge in [0.05, 0.1) is 0 Å². The Bertz CT molecular complexity index is 126. The lowest BCUT2D eigenvalue weighted by Crippen LogP contribution is -2.03. The quantitative estimate of drug-likeness (QED) is 0.446. The minimum atomic E-state index is -0.525. The number of carbonyl (C=O) groups is 1. The van der Waals surface area contributed by atoms with Gasteiger partial charge >= 0.3 is 0 Å². The molecule has 0 N–H and O–H groups in total. The first-order valence-electron chi connectivity index (χ1n) is 5.40. The highest BCUT2D eigenvalue weighted by Gasteiger charge is 1.94. The van der Waals surface area contributed by atoms with E-state index in [1.165, 1.54) is 45.4 Å². The molecule has 0 aliphatic rings. The lowest BCUT2D eigenvalue weighted by Gasteiger charge is -2.01. The molecule has 0 aromatic heterocycles. The van der Waals surface area contributed by atoms with E-state index in [0.29, 0.717) is 0 Å². The van der Waals surface area contributed by atoms with E-state index in [0.717, 1.165) is 6.04 Å². The van der Waals surface area contributed by atoms with Gasteiger partial charge in [0.15, 0.2) is 0 Å². The van der Waals surface area contributed by atoms with Crippen molar-refractivity contribution in [1.29, 1.82) is 0 Å². The van der Waals surface area contributed by atoms with Gasteiger partial charge in [-0.25, -0.2) is 0 Å². The Morgan fingerprint density at radius 2 is 1.77 bits per heavy atom. The maximum Gasteiger partial charge on any atom is 0.288 e. The van der Waals surface area contributed by atoms with Crippen LogP contribution in [-0.2, 0) is 9.22 Å². The summed E-state index contributed by atoms with van der Waals surface area (Å²) < 4.78 is 4.97. The van der Waals surface area contributed by atoms with Crippen LogP contribution >= 0.6 is 0 Å². The third-order valence-electron chi connectivity index (χ3n) is 2.05.